The number of hydrogen-bond donors (Lipinski definition) is 1. The highest BCUT2D eigenvalue weighted by molar-refractivity contribution is 5.30. The predicted molar refractivity (Wildman–Crippen MR) is 76.5 cm³/mol. The van der Waals surface area contributed by atoms with Gasteiger partial charge in [0.2, 0.25) is 0 Å². The Morgan fingerprint density at radius 2 is 1.81 bits per heavy atom. The quantitative estimate of drug-likeness (QED) is 0.672. The van der Waals surface area contributed by atoms with Crippen molar-refractivity contribution in [1.82, 2.24) is 5.32 Å². The van der Waals surface area contributed by atoms with E-state index in [1.165, 1.54) is 12.1 Å². The summed E-state index contributed by atoms with van der Waals surface area (Å²) in [6.45, 7) is 6.70. The van der Waals surface area contributed by atoms with Gasteiger partial charge in [0, 0.05) is 11.6 Å². The van der Waals surface area contributed by atoms with E-state index in [-0.39, 0.29) is 11.6 Å². The van der Waals surface area contributed by atoms with Gasteiger partial charge >= 0.3 is 6.18 Å². The van der Waals surface area contributed by atoms with E-state index >= 15 is 0 Å². The maximum atomic E-state index is 14.2. The van der Waals surface area contributed by atoms with Crippen LogP contribution in [0, 0.1) is 11.7 Å². The lowest BCUT2D eigenvalue weighted by Crippen LogP contribution is -2.24. The van der Waals surface area contributed by atoms with Gasteiger partial charge in [0.05, 0.1) is 5.56 Å². The third-order valence-electron chi connectivity index (χ3n) is 3.38. The van der Waals surface area contributed by atoms with Crippen LogP contribution in [0.1, 0.15) is 57.2 Å². The molecule has 0 heterocycles. The van der Waals surface area contributed by atoms with Crippen molar-refractivity contribution >= 4 is 0 Å². The second-order valence-corrected chi connectivity index (χ2v) is 5.68. The number of hydrogen-bond acceptors (Lipinski definition) is 1. The average molecular weight is 305 g/mol. The summed E-state index contributed by atoms with van der Waals surface area (Å²) in [7, 11) is 0. The van der Waals surface area contributed by atoms with E-state index < -0.39 is 17.6 Å². The molecule has 0 aliphatic heterocycles. The van der Waals surface area contributed by atoms with Gasteiger partial charge < -0.3 is 5.32 Å². The monoisotopic (exact) mass is 305 g/mol. The van der Waals surface area contributed by atoms with Crippen LogP contribution in [0.3, 0.4) is 0 Å². The van der Waals surface area contributed by atoms with Crippen LogP contribution in [0.5, 0.6) is 0 Å². The van der Waals surface area contributed by atoms with Crippen molar-refractivity contribution < 1.29 is 17.6 Å². The van der Waals surface area contributed by atoms with Crippen LogP contribution >= 0.6 is 0 Å². The molecule has 0 bridgehead atoms. The van der Waals surface area contributed by atoms with E-state index in [4.69, 9.17) is 0 Å². The van der Waals surface area contributed by atoms with Gasteiger partial charge in [0.15, 0.2) is 0 Å². The maximum Gasteiger partial charge on any atom is 0.419 e. The van der Waals surface area contributed by atoms with Crippen LogP contribution in [-0.4, -0.2) is 6.54 Å². The molecule has 1 atom stereocenters. The number of benzene rings is 1. The third kappa shape index (κ3) is 5.30. The van der Waals surface area contributed by atoms with Crippen molar-refractivity contribution in [2.24, 2.45) is 5.92 Å². The summed E-state index contributed by atoms with van der Waals surface area (Å²) >= 11 is 0. The van der Waals surface area contributed by atoms with Gasteiger partial charge in [-0.25, -0.2) is 4.39 Å². The van der Waals surface area contributed by atoms with Crippen molar-refractivity contribution in [1.29, 1.82) is 0 Å². The third-order valence-corrected chi connectivity index (χ3v) is 3.38. The van der Waals surface area contributed by atoms with Crippen LogP contribution in [-0.2, 0) is 6.18 Å². The Balaban J connectivity index is 3.06. The van der Waals surface area contributed by atoms with E-state index in [0.29, 0.717) is 18.9 Å². The SMILES string of the molecule is CCCNC(CCC(C)C)c1cccc(C(F)(F)F)c1F. The van der Waals surface area contributed by atoms with Gasteiger partial charge in [-0.3, -0.25) is 0 Å². The molecule has 0 saturated carbocycles. The Labute approximate surface area is 123 Å². The lowest BCUT2D eigenvalue weighted by atomic mass is 9.95. The standard InChI is InChI=1S/C16H23F4N/c1-4-10-21-14(9-8-11(2)3)12-6-5-7-13(15(12)17)16(18,19)20/h5-7,11,14,21H,4,8-10H2,1-3H3. The van der Waals surface area contributed by atoms with Gasteiger partial charge in [0.1, 0.15) is 5.82 Å². The van der Waals surface area contributed by atoms with Crippen molar-refractivity contribution in [3.05, 3.63) is 35.1 Å². The van der Waals surface area contributed by atoms with E-state index in [9.17, 15) is 17.6 Å². The Morgan fingerprint density at radius 1 is 1.14 bits per heavy atom. The molecule has 120 valence electrons. The topological polar surface area (TPSA) is 12.0 Å². The summed E-state index contributed by atoms with van der Waals surface area (Å²) in [6, 6.07) is 3.13. The molecule has 1 unspecified atom stereocenters. The van der Waals surface area contributed by atoms with Gasteiger partial charge in [-0.1, -0.05) is 32.9 Å². The lowest BCUT2D eigenvalue weighted by molar-refractivity contribution is -0.140. The normalized spacial score (nSPS) is 13.7. The second-order valence-electron chi connectivity index (χ2n) is 5.68. The van der Waals surface area contributed by atoms with Gasteiger partial charge in [-0.15, -0.1) is 0 Å². The minimum atomic E-state index is -4.66. The summed E-state index contributed by atoms with van der Waals surface area (Å²) in [5.74, 6) is -0.729. The van der Waals surface area contributed by atoms with Gasteiger partial charge in [-0.2, -0.15) is 13.2 Å². The molecule has 0 aliphatic carbocycles. The number of nitrogens with one attached hydrogen (secondary N) is 1. The molecule has 5 heteroatoms. The highest BCUT2D eigenvalue weighted by Gasteiger charge is 2.35. The molecule has 1 aromatic rings. The molecule has 0 aromatic heterocycles. The molecule has 0 spiro atoms. The highest BCUT2D eigenvalue weighted by atomic mass is 19.4. The Hall–Kier alpha value is -1.10. The largest absolute Gasteiger partial charge is 0.419 e. The summed E-state index contributed by atoms with van der Waals surface area (Å²) in [6.07, 6.45) is -2.36. The Bertz CT molecular complexity index is 440. The first-order chi connectivity index (χ1) is 9.77. The van der Waals surface area contributed by atoms with E-state index in [0.717, 1.165) is 18.9 Å². The van der Waals surface area contributed by atoms with Gasteiger partial charge in [0.25, 0.3) is 0 Å². The molecule has 0 radical (unpaired) electrons. The molecule has 1 nitrogen and oxygen atoms in total. The summed E-state index contributed by atoms with van der Waals surface area (Å²) in [5.41, 5.74) is -1.08. The smallest absolute Gasteiger partial charge is 0.310 e. The van der Waals surface area contributed by atoms with E-state index in [2.05, 4.69) is 5.32 Å². The molecule has 1 N–H and O–H groups in total. The minimum Gasteiger partial charge on any atom is -0.310 e. The maximum absolute atomic E-state index is 14.2. The summed E-state index contributed by atoms with van der Waals surface area (Å²) in [4.78, 5) is 0. The molecular weight excluding hydrogens is 282 g/mol. The van der Waals surface area contributed by atoms with Crippen molar-refractivity contribution in [3.63, 3.8) is 0 Å². The lowest BCUT2D eigenvalue weighted by Gasteiger charge is -2.22. The molecule has 0 saturated heterocycles. The Kier molecular flexibility index (Phi) is 6.65. The average Bonchev–Trinajstić information content (AvgIpc) is 2.38. The first-order valence-corrected chi connectivity index (χ1v) is 7.36. The predicted octanol–water partition coefficient (Wildman–Crippen LogP) is 5.32. The molecule has 1 aromatic carbocycles. The first-order valence-electron chi connectivity index (χ1n) is 7.36. The molecule has 0 fully saturated rings. The molecule has 0 aliphatic rings. The first kappa shape index (κ1) is 18.0. The number of halogens is 4. The summed E-state index contributed by atoms with van der Waals surface area (Å²) < 4.78 is 52.6. The van der Waals surface area contributed by atoms with Crippen LogP contribution < -0.4 is 5.32 Å². The zero-order chi connectivity index (χ0) is 16.0. The fraction of sp³-hybridized carbons (Fsp3) is 0.625. The zero-order valence-electron chi connectivity index (χ0n) is 12.7. The fourth-order valence-electron chi connectivity index (χ4n) is 2.22. The van der Waals surface area contributed by atoms with Crippen molar-refractivity contribution in [2.75, 3.05) is 6.54 Å². The van der Waals surface area contributed by atoms with E-state index in [1.807, 2.05) is 20.8 Å². The second kappa shape index (κ2) is 7.78. The molecule has 21 heavy (non-hydrogen) atoms. The molecular formula is C16H23F4N. The van der Waals surface area contributed by atoms with Gasteiger partial charge in [-0.05, 0) is 37.8 Å². The fourth-order valence-corrected chi connectivity index (χ4v) is 2.22. The van der Waals surface area contributed by atoms with Crippen LogP contribution in [0.4, 0.5) is 17.6 Å². The number of rotatable bonds is 7. The number of alkyl halides is 3. The Morgan fingerprint density at radius 3 is 2.33 bits per heavy atom. The van der Waals surface area contributed by atoms with Crippen LogP contribution in [0.15, 0.2) is 18.2 Å². The van der Waals surface area contributed by atoms with Crippen LogP contribution in [0.25, 0.3) is 0 Å². The zero-order valence-corrected chi connectivity index (χ0v) is 12.7. The van der Waals surface area contributed by atoms with Crippen molar-refractivity contribution in [2.45, 2.75) is 52.3 Å². The molecule has 0 amide bonds. The summed E-state index contributed by atoms with van der Waals surface area (Å²) in [5, 5.41) is 3.15. The minimum absolute atomic E-state index is 0.110. The highest BCUT2D eigenvalue weighted by Crippen LogP contribution is 2.34. The van der Waals surface area contributed by atoms with Crippen LogP contribution in [0.2, 0.25) is 0 Å². The van der Waals surface area contributed by atoms with Crippen molar-refractivity contribution in [3.8, 4) is 0 Å². The van der Waals surface area contributed by atoms with E-state index in [1.54, 1.807) is 0 Å². The molecule has 1 rings (SSSR count).